The van der Waals surface area contributed by atoms with E-state index in [-0.39, 0.29) is 5.92 Å². The minimum atomic E-state index is -3.81. The van der Waals surface area contributed by atoms with Crippen LogP contribution in [0.15, 0.2) is 28.7 Å². The third kappa shape index (κ3) is 2.14. The van der Waals surface area contributed by atoms with Gasteiger partial charge in [-0.15, -0.1) is 4.40 Å². The fraction of sp³-hybridized carbons (Fsp3) is 0.462. The number of fused-ring (bicyclic) bond motifs is 1. The minimum Gasteiger partial charge on any atom is -0.365 e. The molecule has 2 aliphatic rings. The van der Waals surface area contributed by atoms with Crippen molar-refractivity contribution in [2.24, 2.45) is 10.3 Å². The van der Waals surface area contributed by atoms with Crippen molar-refractivity contribution in [2.75, 3.05) is 0 Å². The van der Waals surface area contributed by atoms with E-state index < -0.39 is 10.3 Å². The van der Waals surface area contributed by atoms with Crippen molar-refractivity contribution in [3.63, 3.8) is 0 Å². The summed E-state index contributed by atoms with van der Waals surface area (Å²) in [4.78, 5) is 0. The molecule has 1 aromatic carbocycles. The highest BCUT2D eigenvalue weighted by Gasteiger charge is 2.30. The Labute approximate surface area is 107 Å². The highest BCUT2D eigenvalue weighted by Crippen LogP contribution is 2.34. The van der Waals surface area contributed by atoms with Crippen molar-refractivity contribution < 1.29 is 12.6 Å². The van der Waals surface area contributed by atoms with Crippen molar-refractivity contribution in [1.29, 1.82) is 0 Å². The predicted octanol–water partition coefficient (Wildman–Crippen LogP) is 2.69. The molecule has 0 aromatic heterocycles. The normalized spacial score (nSPS) is 22.8. The maximum absolute atomic E-state index is 11.7. The van der Waals surface area contributed by atoms with Crippen LogP contribution in [0.25, 0.3) is 0 Å². The van der Waals surface area contributed by atoms with E-state index in [1.807, 2.05) is 12.1 Å². The Morgan fingerprint density at radius 3 is 2.61 bits per heavy atom. The predicted molar refractivity (Wildman–Crippen MR) is 69.1 cm³/mol. The standard InChI is InChI=1S/C13H15NO3S/c15-18(16)14-13(10-6-2-1-3-7-10)11-8-4-5-9-12(11)17-18/h4-5,8-10H,1-3,6-7H2. The lowest BCUT2D eigenvalue weighted by molar-refractivity contribution is 0.435. The van der Waals surface area contributed by atoms with E-state index in [0.29, 0.717) is 11.5 Å². The third-order valence-corrected chi connectivity index (χ3v) is 4.37. The molecule has 4 nitrogen and oxygen atoms in total. The second-order valence-electron chi connectivity index (χ2n) is 4.82. The second-order valence-corrected chi connectivity index (χ2v) is 6.02. The fourth-order valence-electron chi connectivity index (χ4n) is 2.72. The summed E-state index contributed by atoms with van der Waals surface area (Å²) in [5, 5.41) is 0. The molecule has 3 rings (SSSR count). The molecule has 1 heterocycles. The number of benzene rings is 1. The summed E-state index contributed by atoms with van der Waals surface area (Å²) in [6.07, 6.45) is 5.56. The van der Waals surface area contributed by atoms with Crippen molar-refractivity contribution >= 4 is 16.0 Å². The molecule has 5 heteroatoms. The number of nitrogens with zero attached hydrogens (tertiary/aromatic N) is 1. The van der Waals surface area contributed by atoms with Gasteiger partial charge in [-0.2, -0.15) is 8.42 Å². The second kappa shape index (κ2) is 4.39. The Morgan fingerprint density at radius 1 is 1.11 bits per heavy atom. The SMILES string of the molecule is O=S1(=O)N=C(C2CCCCC2)c2ccccc2O1. The zero-order chi connectivity index (χ0) is 12.6. The first-order chi connectivity index (χ1) is 8.66. The molecule has 96 valence electrons. The van der Waals surface area contributed by atoms with Crippen LogP contribution < -0.4 is 4.18 Å². The lowest BCUT2D eigenvalue weighted by atomic mass is 9.83. The summed E-state index contributed by atoms with van der Waals surface area (Å²) in [5.74, 6) is 0.659. The quantitative estimate of drug-likeness (QED) is 0.784. The number of hydrogen-bond acceptors (Lipinski definition) is 3. The molecule has 1 aliphatic carbocycles. The lowest BCUT2D eigenvalue weighted by Gasteiger charge is -2.26. The van der Waals surface area contributed by atoms with Crippen LogP contribution in [0.5, 0.6) is 5.75 Å². The number of para-hydroxylation sites is 1. The summed E-state index contributed by atoms with van der Waals surface area (Å²) < 4.78 is 32.1. The number of hydrogen-bond donors (Lipinski definition) is 0. The summed E-state index contributed by atoms with van der Waals surface area (Å²) in [6.45, 7) is 0. The van der Waals surface area contributed by atoms with Gasteiger partial charge in [0.2, 0.25) is 0 Å². The molecule has 0 saturated heterocycles. The van der Waals surface area contributed by atoms with E-state index in [4.69, 9.17) is 4.18 Å². The molecular formula is C13H15NO3S. The van der Waals surface area contributed by atoms with Crippen LogP contribution in [-0.4, -0.2) is 14.1 Å². The minimum absolute atomic E-state index is 0.249. The third-order valence-electron chi connectivity index (χ3n) is 3.56. The molecule has 0 bridgehead atoms. The molecule has 0 atom stereocenters. The smallest absolute Gasteiger partial charge is 0.365 e. The fourth-order valence-corrected chi connectivity index (χ4v) is 3.62. The molecule has 1 fully saturated rings. The summed E-state index contributed by atoms with van der Waals surface area (Å²) in [6, 6.07) is 7.23. The molecule has 0 unspecified atom stereocenters. The van der Waals surface area contributed by atoms with Crippen LogP contribution in [-0.2, 0) is 10.3 Å². The summed E-state index contributed by atoms with van der Waals surface area (Å²) in [5.41, 5.74) is 1.52. The average Bonchev–Trinajstić information content (AvgIpc) is 2.38. The number of rotatable bonds is 1. The van der Waals surface area contributed by atoms with E-state index in [1.54, 1.807) is 12.1 Å². The molecule has 0 spiro atoms. The Bertz CT molecular complexity index is 586. The average molecular weight is 265 g/mol. The first-order valence-electron chi connectivity index (χ1n) is 6.29. The topological polar surface area (TPSA) is 55.7 Å². The van der Waals surface area contributed by atoms with Gasteiger partial charge in [0.1, 0.15) is 0 Å². The van der Waals surface area contributed by atoms with Crippen molar-refractivity contribution in [1.82, 2.24) is 0 Å². The first kappa shape index (κ1) is 11.7. The van der Waals surface area contributed by atoms with E-state index in [1.165, 1.54) is 6.42 Å². The maximum atomic E-state index is 11.7. The van der Waals surface area contributed by atoms with E-state index in [9.17, 15) is 8.42 Å². The van der Waals surface area contributed by atoms with E-state index >= 15 is 0 Å². The molecule has 1 aliphatic heterocycles. The molecule has 0 radical (unpaired) electrons. The van der Waals surface area contributed by atoms with Gasteiger partial charge in [-0.1, -0.05) is 31.4 Å². The van der Waals surface area contributed by atoms with Crippen LogP contribution in [0.1, 0.15) is 37.7 Å². The Balaban J connectivity index is 2.07. The van der Waals surface area contributed by atoms with Crippen LogP contribution in [0.3, 0.4) is 0 Å². The monoisotopic (exact) mass is 265 g/mol. The van der Waals surface area contributed by atoms with E-state index in [0.717, 1.165) is 31.2 Å². The molecule has 0 N–H and O–H groups in total. The van der Waals surface area contributed by atoms with Gasteiger partial charge >= 0.3 is 10.3 Å². The zero-order valence-electron chi connectivity index (χ0n) is 10.0. The van der Waals surface area contributed by atoms with Gasteiger partial charge in [0.15, 0.2) is 5.75 Å². The highest BCUT2D eigenvalue weighted by atomic mass is 32.2. The molecule has 0 amide bonds. The molecule has 1 aromatic rings. The van der Waals surface area contributed by atoms with Crippen LogP contribution in [0, 0.1) is 5.92 Å². The van der Waals surface area contributed by atoms with Gasteiger partial charge in [-0.05, 0) is 25.0 Å². The van der Waals surface area contributed by atoms with Gasteiger partial charge in [0, 0.05) is 11.5 Å². The molecule has 1 saturated carbocycles. The first-order valence-corrected chi connectivity index (χ1v) is 7.66. The van der Waals surface area contributed by atoms with E-state index in [2.05, 4.69) is 4.40 Å². The largest absolute Gasteiger partial charge is 0.428 e. The molecule has 18 heavy (non-hydrogen) atoms. The van der Waals surface area contributed by atoms with Crippen LogP contribution in [0.2, 0.25) is 0 Å². The molecular weight excluding hydrogens is 250 g/mol. The summed E-state index contributed by atoms with van der Waals surface area (Å²) in [7, 11) is -3.81. The van der Waals surface area contributed by atoms with Gasteiger partial charge < -0.3 is 4.18 Å². The Morgan fingerprint density at radius 2 is 1.83 bits per heavy atom. The Kier molecular flexibility index (Phi) is 2.86. The van der Waals surface area contributed by atoms with Gasteiger partial charge in [0.25, 0.3) is 0 Å². The van der Waals surface area contributed by atoms with Gasteiger partial charge in [-0.25, -0.2) is 0 Å². The van der Waals surface area contributed by atoms with Gasteiger partial charge in [0.05, 0.1) is 5.71 Å². The summed E-state index contributed by atoms with van der Waals surface area (Å²) >= 11 is 0. The van der Waals surface area contributed by atoms with Crippen molar-refractivity contribution in [3.05, 3.63) is 29.8 Å². The zero-order valence-corrected chi connectivity index (χ0v) is 10.8. The lowest BCUT2D eigenvalue weighted by Crippen LogP contribution is -2.26. The van der Waals surface area contributed by atoms with Gasteiger partial charge in [-0.3, -0.25) is 0 Å². The van der Waals surface area contributed by atoms with Crippen LogP contribution in [0.4, 0.5) is 0 Å². The maximum Gasteiger partial charge on any atom is 0.428 e. The van der Waals surface area contributed by atoms with Crippen molar-refractivity contribution in [3.8, 4) is 5.75 Å². The van der Waals surface area contributed by atoms with Crippen LogP contribution >= 0.6 is 0 Å². The Hall–Kier alpha value is -1.36. The van der Waals surface area contributed by atoms with Crippen molar-refractivity contribution in [2.45, 2.75) is 32.1 Å². The highest BCUT2D eigenvalue weighted by molar-refractivity contribution is 7.86.